The topological polar surface area (TPSA) is 23.1 Å². The van der Waals surface area contributed by atoms with Crippen LogP contribution in [0.25, 0.3) is 0 Å². The summed E-state index contributed by atoms with van der Waals surface area (Å²) in [6.07, 6.45) is 15.7. The van der Waals surface area contributed by atoms with Gasteiger partial charge >= 0.3 is 23.1 Å². The largest absolute Gasteiger partial charge is 2.00 e. The van der Waals surface area contributed by atoms with Crippen LogP contribution in [0.4, 0.5) is 0 Å². The minimum absolute atomic E-state index is 0. The van der Waals surface area contributed by atoms with Crippen LogP contribution in [-0.4, -0.2) is 29.7 Å². The molecule has 0 bridgehead atoms. The molecule has 3 heteroatoms. The van der Waals surface area contributed by atoms with Crippen LogP contribution in [0.15, 0.2) is 0 Å². The molecule has 0 saturated heterocycles. The minimum Gasteiger partial charge on any atom is -1.00 e. The van der Waals surface area contributed by atoms with Crippen LogP contribution in [0, 0.1) is 5.92 Å². The van der Waals surface area contributed by atoms with Crippen molar-refractivity contribution in [2.45, 2.75) is 90.9 Å². The first-order chi connectivity index (χ1) is 8.35. The molecule has 19 heavy (non-hydrogen) atoms. The summed E-state index contributed by atoms with van der Waals surface area (Å²) in [5.74, 6) is 0.470. The van der Waals surface area contributed by atoms with Crippen molar-refractivity contribution in [3.05, 3.63) is 0 Å². The van der Waals surface area contributed by atoms with Crippen molar-refractivity contribution in [3.8, 4) is 0 Å². The van der Waals surface area contributed by atoms with Crippen molar-refractivity contribution >= 4 is 23.1 Å². The van der Waals surface area contributed by atoms with E-state index in [1.54, 1.807) is 0 Å². The third-order valence-electron chi connectivity index (χ3n) is 3.67. The maximum absolute atomic E-state index is 11.1. The molecule has 0 heterocycles. The van der Waals surface area contributed by atoms with Crippen molar-refractivity contribution in [2.75, 3.05) is 6.61 Å². The first-order valence-electron chi connectivity index (χ1n) is 7.93. The smallest absolute Gasteiger partial charge is 1.00 e. The Labute approximate surface area is 143 Å². The quantitative estimate of drug-likeness (QED) is 0.371. The van der Waals surface area contributed by atoms with E-state index in [-0.39, 0.29) is 42.1 Å². The predicted octanol–water partition coefficient (Wildman–Crippen LogP) is 1.31. The van der Waals surface area contributed by atoms with Crippen molar-refractivity contribution in [1.29, 1.82) is 0 Å². The minimum atomic E-state index is 0. The van der Waals surface area contributed by atoms with E-state index in [1.807, 2.05) is 0 Å². The standard InChI is InChI=1S/C16H33O.ClH.Mg/c1-3-5-7-9-10-12-14-16(15-17)13-11-8-6-4-2;;/h16H,3-15H2,1-2H3;1H;/q-1;;+2/p-1. The van der Waals surface area contributed by atoms with E-state index in [1.165, 1.54) is 77.0 Å². The van der Waals surface area contributed by atoms with E-state index in [9.17, 15) is 5.11 Å². The van der Waals surface area contributed by atoms with Gasteiger partial charge in [0.05, 0.1) is 0 Å². The molecule has 0 amide bonds. The molecule has 0 aliphatic rings. The number of hydrogen-bond donors (Lipinski definition) is 0. The van der Waals surface area contributed by atoms with Gasteiger partial charge in [0.15, 0.2) is 0 Å². The van der Waals surface area contributed by atoms with Crippen LogP contribution in [0.3, 0.4) is 0 Å². The fourth-order valence-corrected chi connectivity index (χ4v) is 2.38. The van der Waals surface area contributed by atoms with Gasteiger partial charge in [0.1, 0.15) is 0 Å². The van der Waals surface area contributed by atoms with Gasteiger partial charge in [-0.15, -0.1) is 6.61 Å². The maximum Gasteiger partial charge on any atom is 2.00 e. The fourth-order valence-electron chi connectivity index (χ4n) is 2.38. The molecular formula is C16H33ClMgO. The second-order valence-corrected chi connectivity index (χ2v) is 5.44. The second kappa shape index (κ2) is 21.3. The van der Waals surface area contributed by atoms with Crippen LogP contribution in [0.2, 0.25) is 0 Å². The monoisotopic (exact) mass is 300 g/mol. The molecule has 0 saturated carbocycles. The average Bonchev–Trinajstić information content (AvgIpc) is 2.36. The summed E-state index contributed by atoms with van der Waals surface area (Å²) >= 11 is 0. The van der Waals surface area contributed by atoms with E-state index in [0.29, 0.717) is 5.92 Å². The van der Waals surface area contributed by atoms with E-state index in [4.69, 9.17) is 0 Å². The van der Waals surface area contributed by atoms with E-state index < -0.39 is 0 Å². The van der Waals surface area contributed by atoms with Gasteiger partial charge in [0.2, 0.25) is 0 Å². The van der Waals surface area contributed by atoms with Crippen molar-refractivity contribution < 1.29 is 17.5 Å². The summed E-state index contributed by atoms with van der Waals surface area (Å²) in [6, 6.07) is 0. The zero-order valence-corrected chi connectivity index (χ0v) is 15.4. The Bertz CT molecular complexity index is 145. The van der Waals surface area contributed by atoms with Gasteiger partial charge in [-0.1, -0.05) is 96.8 Å². The molecule has 0 aliphatic carbocycles. The third kappa shape index (κ3) is 19.0. The maximum atomic E-state index is 11.1. The number of halogens is 1. The molecule has 1 nitrogen and oxygen atoms in total. The van der Waals surface area contributed by atoms with Crippen LogP contribution >= 0.6 is 0 Å². The number of rotatable bonds is 13. The van der Waals surface area contributed by atoms with Crippen LogP contribution in [0.5, 0.6) is 0 Å². The van der Waals surface area contributed by atoms with Crippen LogP contribution < -0.4 is 17.5 Å². The van der Waals surface area contributed by atoms with E-state index in [0.717, 1.165) is 0 Å². The van der Waals surface area contributed by atoms with Gasteiger partial charge in [-0.05, 0) is 0 Å². The van der Waals surface area contributed by atoms with Crippen molar-refractivity contribution in [2.24, 2.45) is 5.92 Å². The van der Waals surface area contributed by atoms with Crippen molar-refractivity contribution in [1.82, 2.24) is 0 Å². The zero-order valence-electron chi connectivity index (χ0n) is 13.3. The normalized spacial score (nSPS) is 11.5. The first kappa shape index (κ1) is 25.0. The van der Waals surface area contributed by atoms with Gasteiger partial charge in [0, 0.05) is 0 Å². The summed E-state index contributed by atoms with van der Waals surface area (Å²) in [6.45, 7) is 4.65. The summed E-state index contributed by atoms with van der Waals surface area (Å²) < 4.78 is 0. The summed E-state index contributed by atoms with van der Waals surface area (Å²) in [5.41, 5.74) is 0. The Morgan fingerprint density at radius 3 is 1.47 bits per heavy atom. The predicted molar refractivity (Wildman–Crippen MR) is 80.9 cm³/mol. The Hall–Kier alpha value is 1.02. The SMILES string of the molecule is CCCCCCCCC(C[O-])CCCCCC.[Cl-].[Mg+2]. The van der Waals surface area contributed by atoms with Gasteiger partial charge in [-0.25, -0.2) is 0 Å². The Balaban J connectivity index is -0.00000128. The van der Waals surface area contributed by atoms with Crippen molar-refractivity contribution in [3.63, 3.8) is 0 Å². The Kier molecular flexibility index (Phi) is 28.0. The molecule has 0 N–H and O–H groups in total. The third-order valence-corrected chi connectivity index (χ3v) is 3.67. The Morgan fingerprint density at radius 2 is 1.05 bits per heavy atom. The summed E-state index contributed by atoms with van der Waals surface area (Å²) in [4.78, 5) is 0. The van der Waals surface area contributed by atoms with Gasteiger partial charge in [-0.2, -0.15) is 0 Å². The Morgan fingerprint density at radius 1 is 0.684 bits per heavy atom. The van der Waals surface area contributed by atoms with Crippen LogP contribution in [-0.2, 0) is 0 Å². The molecule has 0 aromatic carbocycles. The molecule has 0 aliphatic heterocycles. The van der Waals surface area contributed by atoms with E-state index in [2.05, 4.69) is 13.8 Å². The molecule has 0 aromatic heterocycles. The van der Waals surface area contributed by atoms with Gasteiger partial charge in [-0.3, -0.25) is 0 Å². The molecule has 0 radical (unpaired) electrons. The van der Waals surface area contributed by atoms with Gasteiger partial charge < -0.3 is 17.5 Å². The average molecular weight is 301 g/mol. The summed E-state index contributed by atoms with van der Waals surface area (Å²) in [7, 11) is 0. The van der Waals surface area contributed by atoms with Gasteiger partial charge in [0.25, 0.3) is 0 Å². The number of hydrogen-bond acceptors (Lipinski definition) is 1. The van der Waals surface area contributed by atoms with E-state index >= 15 is 0 Å². The molecular weight excluding hydrogens is 268 g/mol. The second-order valence-electron chi connectivity index (χ2n) is 5.44. The molecule has 0 aromatic rings. The molecule has 0 rings (SSSR count). The molecule has 1 atom stereocenters. The zero-order chi connectivity index (χ0) is 12.8. The summed E-state index contributed by atoms with van der Waals surface area (Å²) in [5, 5.41) is 11.1. The molecule has 112 valence electrons. The fraction of sp³-hybridized carbons (Fsp3) is 1.00. The molecule has 0 fully saturated rings. The van der Waals surface area contributed by atoms with Crippen LogP contribution in [0.1, 0.15) is 90.9 Å². The first-order valence-corrected chi connectivity index (χ1v) is 7.93. The molecule has 0 spiro atoms. The molecule has 1 unspecified atom stereocenters. The number of unbranched alkanes of at least 4 members (excludes halogenated alkanes) is 8.